The van der Waals surface area contributed by atoms with Crippen LogP contribution in [0.3, 0.4) is 0 Å². The molecule has 0 spiro atoms. The Morgan fingerprint density at radius 2 is 2.06 bits per heavy atom. The second kappa shape index (κ2) is 4.31. The molecule has 0 aliphatic carbocycles. The lowest BCUT2D eigenvalue weighted by atomic mass is 9.89. The van der Waals surface area contributed by atoms with E-state index in [4.69, 9.17) is 4.74 Å². The van der Waals surface area contributed by atoms with Crippen molar-refractivity contribution in [1.82, 2.24) is 14.6 Å². The fraction of sp³-hybridized carbons (Fsp3) is 0.538. The largest absolute Gasteiger partial charge is 0.375 e. The van der Waals surface area contributed by atoms with E-state index in [9.17, 15) is 4.39 Å². The lowest BCUT2D eigenvalue weighted by molar-refractivity contribution is 0.114. The highest BCUT2D eigenvalue weighted by Gasteiger charge is 2.27. The van der Waals surface area contributed by atoms with Crippen molar-refractivity contribution < 1.29 is 9.13 Å². The standard InChI is InChI=1S/C13H18FN3O/c1-8(18-5)9-6-7-15-12-10(13(2,3)4)11(14)16-17(9)12/h6-8H,1-5H3/t8-/m0/s1. The van der Waals surface area contributed by atoms with E-state index in [-0.39, 0.29) is 11.5 Å². The summed E-state index contributed by atoms with van der Waals surface area (Å²) in [6, 6.07) is 1.79. The van der Waals surface area contributed by atoms with E-state index in [2.05, 4.69) is 10.1 Å². The summed E-state index contributed by atoms with van der Waals surface area (Å²) in [5.41, 5.74) is 1.54. The van der Waals surface area contributed by atoms with Crippen molar-refractivity contribution in [1.29, 1.82) is 0 Å². The molecule has 1 atom stereocenters. The molecule has 0 N–H and O–H groups in total. The van der Waals surface area contributed by atoms with E-state index in [1.54, 1.807) is 19.4 Å². The summed E-state index contributed by atoms with van der Waals surface area (Å²) in [6.45, 7) is 7.73. The molecule has 0 bridgehead atoms. The minimum atomic E-state index is -0.467. The number of aromatic nitrogens is 3. The van der Waals surface area contributed by atoms with Crippen LogP contribution in [-0.4, -0.2) is 21.7 Å². The molecule has 0 aliphatic heterocycles. The highest BCUT2D eigenvalue weighted by atomic mass is 19.1. The molecular weight excluding hydrogens is 233 g/mol. The number of hydrogen-bond acceptors (Lipinski definition) is 3. The van der Waals surface area contributed by atoms with E-state index < -0.39 is 5.95 Å². The SMILES string of the molecule is CO[C@@H](C)c1ccnc2c(C(C)(C)C)c(F)nn12. The van der Waals surface area contributed by atoms with Gasteiger partial charge in [-0.05, 0) is 18.4 Å². The molecule has 5 heteroatoms. The van der Waals surface area contributed by atoms with Gasteiger partial charge in [-0.2, -0.15) is 4.39 Å². The van der Waals surface area contributed by atoms with E-state index in [0.717, 1.165) is 5.69 Å². The van der Waals surface area contributed by atoms with Crippen LogP contribution in [0, 0.1) is 5.95 Å². The molecule has 2 rings (SSSR count). The molecule has 18 heavy (non-hydrogen) atoms. The molecule has 0 fully saturated rings. The average molecular weight is 251 g/mol. The van der Waals surface area contributed by atoms with Crippen LogP contribution in [-0.2, 0) is 10.2 Å². The van der Waals surface area contributed by atoms with Crippen molar-refractivity contribution in [2.45, 2.75) is 39.2 Å². The molecule has 2 heterocycles. The molecule has 0 aliphatic rings. The Bertz CT molecular complexity index is 571. The summed E-state index contributed by atoms with van der Waals surface area (Å²) in [6.07, 6.45) is 1.50. The second-order valence-corrected chi connectivity index (χ2v) is 5.40. The summed E-state index contributed by atoms with van der Waals surface area (Å²) in [5, 5.41) is 3.96. The van der Waals surface area contributed by atoms with Crippen LogP contribution < -0.4 is 0 Å². The third kappa shape index (κ3) is 1.99. The number of nitrogens with zero attached hydrogens (tertiary/aromatic N) is 3. The van der Waals surface area contributed by atoms with E-state index in [1.807, 2.05) is 27.7 Å². The van der Waals surface area contributed by atoms with Crippen LogP contribution in [0.15, 0.2) is 12.3 Å². The molecule has 0 radical (unpaired) electrons. The van der Waals surface area contributed by atoms with Gasteiger partial charge in [0.2, 0.25) is 5.95 Å². The van der Waals surface area contributed by atoms with Crippen molar-refractivity contribution in [2.75, 3.05) is 7.11 Å². The van der Waals surface area contributed by atoms with Crippen LogP contribution in [0.2, 0.25) is 0 Å². The minimum Gasteiger partial charge on any atom is -0.375 e. The zero-order chi connectivity index (χ0) is 13.5. The minimum absolute atomic E-state index is 0.164. The second-order valence-electron chi connectivity index (χ2n) is 5.40. The van der Waals surface area contributed by atoms with Gasteiger partial charge in [0.1, 0.15) is 0 Å². The van der Waals surface area contributed by atoms with E-state index >= 15 is 0 Å². The maximum atomic E-state index is 14.0. The summed E-state index contributed by atoms with van der Waals surface area (Å²) in [5.74, 6) is -0.467. The number of fused-ring (bicyclic) bond motifs is 1. The monoisotopic (exact) mass is 251 g/mol. The predicted molar refractivity (Wildman–Crippen MR) is 67.1 cm³/mol. The fourth-order valence-corrected chi connectivity index (χ4v) is 2.01. The summed E-state index contributed by atoms with van der Waals surface area (Å²) in [7, 11) is 1.61. The van der Waals surface area contributed by atoms with E-state index in [1.165, 1.54) is 4.52 Å². The average Bonchev–Trinajstić information content (AvgIpc) is 2.63. The molecule has 4 nitrogen and oxygen atoms in total. The summed E-state index contributed by atoms with van der Waals surface area (Å²) >= 11 is 0. The van der Waals surface area contributed by atoms with Gasteiger partial charge >= 0.3 is 0 Å². The lowest BCUT2D eigenvalue weighted by Crippen LogP contribution is -2.13. The van der Waals surface area contributed by atoms with Gasteiger partial charge in [-0.25, -0.2) is 9.50 Å². The molecule has 98 valence electrons. The maximum absolute atomic E-state index is 14.0. The van der Waals surface area contributed by atoms with Gasteiger partial charge in [-0.15, -0.1) is 5.10 Å². The van der Waals surface area contributed by atoms with Gasteiger partial charge in [0.05, 0.1) is 17.4 Å². The van der Waals surface area contributed by atoms with Gasteiger partial charge < -0.3 is 4.74 Å². The first kappa shape index (κ1) is 13.0. The number of rotatable bonds is 2. The van der Waals surface area contributed by atoms with Crippen LogP contribution in [0.1, 0.15) is 45.1 Å². The van der Waals surface area contributed by atoms with Gasteiger partial charge in [-0.1, -0.05) is 20.8 Å². The summed E-state index contributed by atoms with van der Waals surface area (Å²) in [4.78, 5) is 4.25. The number of methoxy groups -OCH3 is 1. The van der Waals surface area contributed by atoms with Crippen molar-refractivity contribution >= 4 is 5.65 Å². The van der Waals surface area contributed by atoms with Crippen molar-refractivity contribution in [3.63, 3.8) is 0 Å². The first-order valence-corrected chi connectivity index (χ1v) is 5.92. The molecule has 0 saturated heterocycles. The van der Waals surface area contributed by atoms with Crippen LogP contribution >= 0.6 is 0 Å². The Kier molecular flexibility index (Phi) is 3.11. The lowest BCUT2D eigenvalue weighted by Gasteiger charge is -2.17. The highest BCUT2D eigenvalue weighted by molar-refractivity contribution is 5.51. The fourth-order valence-electron chi connectivity index (χ4n) is 2.01. The summed E-state index contributed by atoms with van der Waals surface area (Å²) < 4.78 is 20.8. The van der Waals surface area contributed by atoms with Gasteiger partial charge in [0, 0.05) is 13.3 Å². The number of halogens is 1. The Labute approximate surface area is 106 Å². The van der Waals surface area contributed by atoms with Crippen molar-refractivity contribution in [3.05, 3.63) is 29.5 Å². The predicted octanol–water partition coefficient (Wildman–Crippen LogP) is 2.87. The number of hydrogen-bond donors (Lipinski definition) is 0. The maximum Gasteiger partial charge on any atom is 0.239 e. The van der Waals surface area contributed by atoms with Crippen molar-refractivity contribution in [3.8, 4) is 0 Å². The van der Waals surface area contributed by atoms with Gasteiger partial charge in [-0.3, -0.25) is 0 Å². The Hall–Kier alpha value is -1.49. The van der Waals surface area contributed by atoms with Crippen LogP contribution in [0.5, 0.6) is 0 Å². The molecule has 0 amide bonds. The Morgan fingerprint density at radius 3 is 2.61 bits per heavy atom. The highest BCUT2D eigenvalue weighted by Crippen LogP contribution is 2.29. The van der Waals surface area contributed by atoms with Crippen molar-refractivity contribution in [2.24, 2.45) is 0 Å². The van der Waals surface area contributed by atoms with Gasteiger partial charge in [0.25, 0.3) is 0 Å². The van der Waals surface area contributed by atoms with Gasteiger partial charge in [0.15, 0.2) is 5.65 Å². The zero-order valence-electron chi connectivity index (χ0n) is 11.4. The molecule has 2 aromatic rings. The number of ether oxygens (including phenoxy) is 1. The zero-order valence-corrected chi connectivity index (χ0v) is 11.4. The molecular formula is C13H18FN3O. The molecule has 0 saturated carbocycles. The van der Waals surface area contributed by atoms with Crippen LogP contribution in [0.4, 0.5) is 4.39 Å². The van der Waals surface area contributed by atoms with Crippen LogP contribution in [0.25, 0.3) is 5.65 Å². The Morgan fingerprint density at radius 1 is 1.39 bits per heavy atom. The third-order valence-electron chi connectivity index (χ3n) is 3.03. The smallest absolute Gasteiger partial charge is 0.239 e. The molecule has 0 unspecified atom stereocenters. The Balaban J connectivity index is 2.75. The quantitative estimate of drug-likeness (QED) is 0.824. The first-order valence-electron chi connectivity index (χ1n) is 5.92. The van der Waals surface area contributed by atoms with E-state index in [0.29, 0.717) is 11.2 Å². The molecule has 2 aromatic heterocycles. The topological polar surface area (TPSA) is 39.4 Å². The first-order chi connectivity index (χ1) is 8.36. The third-order valence-corrected chi connectivity index (χ3v) is 3.03. The molecule has 0 aromatic carbocycles. The normalized spacial score (nSPS) is 14.1.